The summed E-state index contributed by atoms with van der Waals surface area (Å²) in [5.74, 6) is 2.46. The van der Waals surface area contributed by atoms with Crippen LogP contribution in [0.5, 0.6) is 0 Å². The van der Waals surface area contributed by atoms with Crippen molar-refractivity contribution in [3.05, 3.63) is 42.2 Å². The summed E-state index contributed by atoms with van der Waals surface area (Å²) >= 11 is 0. The van der Waals surface area contributed by atoms with Gasteiger partial charge >= 0.3 is 0 Å². The molecule has 2 aromatic rings. The van der Waals surface area contributed by atoms with Crippen LogP contribution < -0.4 is 5.32 Å². The Balaban J connectivity index is 2.09. The van der Waals surface area contributed by atoms with Gasteiger partial charge in [-0.25, -0.2) is 9.97 Å². The number of anilines is 1. The molecule has 0 saturated heterocycles. The van der Waals surface area contributed by atoms with E-state index < -0.39 is 0 Å². The summed E-state index contributed by atoms with van der Waals surface area (Å²) in [5.41, 5.74) is 0. The van der Waals surface area contributed by atoms with Crippen LogP contribution in [0.2, 0.25) is 0 Å². The molecule has 0 aromatic carbocycles. The van der Waals surface area contributed by atoms with Gasteiger partial charge < -0.3 is 9.73 Å². The Bertz CT molecular complexity index is 425. The van der Waals surface area contributed by atoms with Gasteiger partial charge in [-0.3, -0.25) is 0 Å². The second kappa shape index (κ2) is 4.13. The predicted molar refractivity (Wildman–Crippen MR) is 57.5 cm³/mol. The Morgan fingerprint density at radius 3 is 2.93 bits per heavy atom. The van der Waals surface area contributed by atoms with Crippen molar-refractivity contribution >= 4 is 5.82 Å². The van der Waals surface area contributed by atoms with Crippen molar-refractivity contribution in [1.29, 1.82) is 0 Å². The molecule has 4 nitrogen and oxygen atoms in total. The molecule has 0 radical (unpaired) electrons. The van der Waals surface area contributed by atoms with Gasteiger partial charge in [0.2, 0.25) is 0 Å². The summed E-state index contributed by atoms with van der Waals surface area (Å²) < 4.78 is 5.29. The highest BCUT2D eigenvalue weighted by molar-refractivity contribution is 5.35. The summed E-state index contributed by atoms with van der Waals surface area (Å²) in [7, 11) is 0. The van der Waals surface area contributed by atoms with Crippen LogP contribution in [-0.4, -0.2) is 9.97 Å². The first kappa shape index (κ1) is 9.71. The Morgan fingerprint density at radius 2 is 2.27 bits per heavy atom. The highest BCUT2D eigenvalue weighted by Gasteiger charge is 2.08. The highest BCUT2D eigenvalue weighted by atomic mass is 16.3. The Labute approximate surface area is 88.4 Å². The summed E-state index contributed by atoms with van der Waals surface area (Å²) in [5, 5.41) is 3.24. The summed E-state index contributed by atoms with van der Waals surface area (Å²) in [6.07, 6.45) is 3.40. The van der Waals surface area contributed by atoms with E-state index in [9.17, 15) is 0 Å². The Hall–Kier alpha value is -1.84. The van der Waals surface area contributed by atoms with Gasteiger partial charge in [0.25, 0.3) is 0 Å². The molecule has 2 rings (SSSR count). The second-order valence-corrected chi connectivity index (χ2v) is 3.37. The summed E-state index contributed by atoms with van der Waals surface area (Å²) in [6.45, 7) is 3.89. The lowest BCUT2D eigenvalue weighted by Crippen LogP contribution is -2.07. The lowest BCUT2D eigenvalue weighted by atomic mass is 10.2. The SMILES string of the molecule is Cc1nccc(NC(C)c2ccco2)n1. The Morgan fingerprint density at radius 1 is 1.40 bits per heavy atom. The van der Waals surface area contributed by atoms with E-state index in [4.69, 9.17) is 4.42 Å². The first-order chi connectivity index (χ1) is 7.25. The lowest BCUT2D eigenvalue weighted by Gasteiger charge is -2.11. The molecule has 1 atom stereocenters. The molecule has 0 spiro atoms. The largest absolute Gasteiger partial charge is 0.467 e. The van der Waals surface area contributed by atoms with Crippen LogP contribution in [0.3, 0.4) is 0 Å². The number of rotatable bonds is 3. The molecule has 78 valence electrons. The Kier molecular flexibility index (Phi) is 2.67. The van der Waals surface area contributed by atoms with Gasteiger partial charge in [-0.1, -0.05) is 0 Å². The molecule has 2 aromatic heterocycles. The van der Waals surface area contributed by atoms with Crippen LogP contribution in [0.15, 0.2) is 35.1 Å². The standard InChI is InChI=1S/C11H13N3O/c1-8(10-4-3-7-15-10)13-11-5-6-12-9(2)14-11/h3-8H,1-2H3,(H,12,13,14). The fourth-order valence-corrected chi connectivity index (χ4v) is 1.37. The van der Waals surface area contributed by atoms with E-state index >= 15 is 0 Å². The van der Waals surface area contributed by atoms with Crippen molar-refractivity contribution in [2.75, 3.05) is 5.32 Å². The number of hydrogen-bond donors (Lipinski definition) is 1. The summed E-state index contributed by atoms with van der Waals surface area (Å²) in [6, 6.07) is 5.76. The lowest BCUT2D eigenvalue weighted by molar-refractivity contribution is 0.490. The van der Waals surface area contributed by atoms with E-state index in [1.54, 1.807) is 12.5 Å². The number of nitrogens with zero attached hydrogens (tertiary/aromatic N) is 2. The topological polar surface area (TPSA) is 51.0 Å². The van der Waals surface area contributed by atoms with E-state index in [0.717, 1.165) is 17.4 Å². The maximum Gasteiger partial charge on any atom is 0.130 e. The zero-order valence-corrected chi connectivity index (χ0v) is 8.77. The van der Waals surface area contributed by atoms with Crippen molar-refractivity contribution in [1.82, 2.24) is 9.97 Å². The van der Waals surface area contributed by atoms with E-state index in [1.807, 2.05) is 32.0 Å². The number of aryl methyl sites for hydroxylation is 1. The van der Waals surface area contributed by atoms with Gasteiger partial charge in [0.15, 0.2) is 0 Å². The minimum absolute atomic E-state index is 0.106. The molecule has 0 aliphatic carbocycles. The number of furan rings is 1. The first-order valence-corrected chi connectivity index (χ1v) is 4.85. The molecule has 0 amide bonds. The quantitative estimate of drug-likeness (QED) is 0.832. The molecular formula is C11H13N3O. The third-order valence-electron chi connectivity index (χ3n) is 2.11. The van der Waals surface area contributed by atoms with Crippen LogP contribution in [0.4, 0.5) is 5.82 Å². The second-order valence-electron chi connectivity index (χ2n) is 3.37. The van der Waals surface area contributed by atoms with Crippen LogP contribution in [0.1, 0.15) is 24.6 Å². The zero-order chi connectivity index (χ0) is 10.7. The van der Waals surface area contributed by atoms with Crippen LogP contribution in [0, 0.1) is 6.92 Å². The third kappa shape index (κ3) is 2.34. The van der Waals surface area contributed by atoms with Crippen molar-refractivity contribution in [2.24, 2.45) is 0 Å². The summed E-state index contributed by atoms with van der Waals surface area (Å²) in [4.78, 5) is 8.29. The van der Waals surface area contributed by atoms with Gasteiger partial charge in [0.05, 0.1) is 12.3 Å². The fraction of sp³-hybridized carbons (Fsp3) is 0.273. The van der Waals surface area contributed by atoms with Gasteiger partial charge in [0.1, 0.15) is 17.4 Å². The third-order valence-corrected chi connectivity index (χ3v) is 2.11. The number of nitrogens with one attached hydrogen (secondary N) is 1. The molecular weight excluding hydrogens is 190 g/mol. The van der Waals surface area contributed by atoms with Crippen molar-refractivity contribution in [2.45, 2.75) is 19.9 Å². The van der Waals surface area contributed by atoms with E-state index in [1.165, 1.54) is 0 Å². The molecule has 1 unspecified atom stereocenters. The van der Waals surface area contributed by atoms with Gasteiger partial charge in [-0.15, -0.1) is 0 Å². The molecule has 0 bridgehead atoms. The molecule has 1 N–H and O–H groups in total. The van der Waals surface area contributed by atoms with Crippen LogP contribution in [-0.2, 0) is 0 Å². The van der Waals surface area contributed by atoms with E-state index in [0.29, 0.717) is 0 Å². The minimum atomic E-state index is 0.106. The molecule has 4 heteroatoms. The van der Waals surface area contributed by atoms with Crippen molar-refractivity contribution in [3.63, 3.8) is 0 Å². The molecule has 0 fully saturated rings. The fourth-order valence-electron chi connectivity index (χ4n) is 1.37. The molecule has 0 saturated carbocycles. The van der Waals surface area contributed by atoms with Gasteiger partial charge in [-0.2, -0.15) is 0 Å². The minimum Gasteiger partial charge on any atom is -0.467 e. The number of hydrogen-bond acceptors (Lipinski definition) is 4. The molecule has 15 heavy (non-hydrogen) atoms. The average Bonchev–Trinajstić information content (AvgIpc) is 2.70. The van der Waals surface area contributed by atoms with E-state index in [2.05, 4.69) is 15.3 Å². The average molecular weight is 203 g/mol. The van der Waals surface area contributed by atoms with Crippen molar-refractivity contribution in [3.8, 4) is 0 Å². The van der Waals surface area contributed by atoms with Gasteiger partial charge in [0, 0.05) is 6.20 Å². The normalized spacial score (nSPS) is 12.4. The predicted octanol–water partition coefficient (Wildman–Crippen LogP) is 2.55. The van der Waals surface area contributed by atoms with Crippen molar-refractivity contribution < 1.29 is 4.42 Å². The highest BCUT2D eigenvalue weighted by Crippen LogP contribution is 2.17. The maximum atomic E-state index is 5.29. The van der Waals surface area contributed by atoms with E-state index in [-0.39, 0.29) is 6.04 Å². The molecule has 2 heterocycles. The first-order valence-electron chi connectivity index (χ1n) is 4.85. The van der Waals surface area contributed by atoms with Crippen LogP contribution >= 0.6 is 0 Å². The van der Waals surface area contributed by atoms with Gasteiger partial charge in [-0.05, 0) is 32.0 Å². The smallest absolute Gasteiger partial charge is 0.130 e. The molecule has 0 aliphatic heterocycles. The van der Waals surface area contributed by atoms with Crippen LogP contribution in [0.25, 0.3) is 0 Å². The molecule has 0 aliphatic rings. The zero-order valence-electron chi connectivity index (χ0n) is 8.77. The maximum absolute atomic E-state index is 5.29. The monoisotopic (exact) mass is 203 g/mol. The number of aromatic nitrogens is 2.